The summed E-state index contributed by atoms with van der Waals surface area (Å²) in [6.07, 6.45) is 0.416. The number of hydrogen-bond acceptors (Lipinski definition) is 4. The van der Waals surface area contributed by atoms with Crippen LogP contribution in [0.3, 0.4) is 0 Å². The highest BCUT2D eigenvalue weighted by atomic mass is 16.5. The lowest BCUT2D eigenvalue weighted by Crippen LogP contribution is -2.37. The fraction of sp³-hybridized carbons (Fsp3) is 0.462. The van der Waals surface area contributed by atoms with Gasteiger partial charge in [-0.05, 0) is 36.9 Å². The molecule has 3 atom stereocenters. The van der Waals surface area contributed by atoms with Crippen LogP contribution in [0.4, 0.5) is 0 Å². The largest absolute Gasteiger partial charge is 0.458 e. The summed E-state index contributed by atoms with van der Waals surface area (Å²) in [6.45, 7) is 0. The van der Waals surface area contributed by atoms with Gasteiger partial charge < -0.3 is 9.84 Å². The predicted molar refractivity (Wildman–Crippen MR) is 68.4 cm³/mol. The highest BCUT2D eigenvalue weighted by Crippen LogP contribution is 2.25. The molecule has 1 aliphatic carbocycles. The van der Waals surface area contributed by atoms with E-state index in [0.29, 0.717) is 24.8 Å². The third-order valence-corrected chi connectivity index (χ3v) is 3.19. The molecule has 2 rings (SSSR count). The van der Waals surface area contributed by atoms with Gasteiger partial charge in [-0.1, -0.05) is 23.3 Å². The minimum absolute atomic E-state index is 0.330. The first kappa shape index (κ1) is 13.4. The molecule has 0 amide bonds. The van der Waals surface area contributed by atoms with Crippen LogP contribution in [-0.2, 0) is 4.74 Å². The molecule has 1 saturated carbocycles. The Hall–Kier alpha value is -2.04. The first-order chi connectivity index (χ1) is 9.20. The van der Waals surface area contributed by atoms with Gasteiger partial charge in [0.1, 0.15) is 6.10 Å². The standard InChI is InChI=1S/C13H15N3O3/c14-16-15-11-8-10(17)6-7-12(11)19-13(18)9-4-2-1-3-5-9/h1-5,10-12,17H,6-8H2/t10-,11-,12+/m1/s1. The molecule has 0 spiro atoms. The average molecular weight is 261 g/mol. The molecular formula is C13H15N3O3. The predicted octanol–water partition coefficient (Wildman–Crippen LogP) is 2.44. The van der Waals surface area contributed by atoms with Gasteiger partial charge in [-0.3, -0.25) is 0 Å². The molecule has 6 nitrogen and oxygen atoms in total. The maximum Gasteiger partial charge on any atom is 0.338 e. The third kappa shape index (κ3) is 3.47. The van der Waals surface area contributed by atoms with E-state index in [1.807, 2.05) is 6.07 Å². The van der Waals surface area contributed by atoms with Crippen LogP contribution in [-0.4, -0.2) is 29.3 Å². The molecule has 6 heteroatoms. The highest BCUT2D eigenvalue weighted by molar-refractivity contribution is 5.89. The van der Waals surface area contributed by atoms with Gasteiger partial charge in [-0.15, -0.1) is 0 Å². The number of carbonyl (C=O) groups excluding carboxylic acids is 1. The maximum atomic E-state index is 11.9. The van der Waals surface area contributed by atoms with E-state index in [9.17, 15) is 9.90 Å². The Morgan fingerprint density at radius 1 is 1.37 bits per heavy atom. The summed E-state index contributed by atoms with van der Waals surface area (Å²) in [5.41, 5.74) is 8.98. The number of aliphatic hydroxyl groups excluding tert-OH is 1. The second-order valence-electron chi connectivity index (χ2n) is 4.55. The number of esters is 1. The summed E-state index contributed by atoms with van der Waals surface area (Å²) in [5, 5.41) is 13.2. The number of rotatable bonds is 3. The van der Waals surface area contributed by atoms with Gasteiger partial charge in [-0.2, -0.15) is 0 Å². The summed E-state index contributed by atoms with van der Waals surface area (Å²) in [4.78, 5) is 14.7. The van der Waals surface area contributed by atoms with Crippen LogP contribution in [0.5, 0.6) is 0 Å². The molecule has 1 aromatic carbocycles. The zero-order valence-electron chi connectivity index (χ0n) is 10.3. The van der Waals surface area contributed by atoms with Gasteiger partial charge in [0.25, 0.3) is 0 Å². The van der Waals surface area contributed by atoms with Crippen LogP contribution in [0.25, 0.3) is 10.4 Å². The maximum absolute atomic E-state index is 11.9. The topological polar surface area (TPSA) is 95.3 Å². The molecule has 1 fully saturated rings. The van der Waals surface area contributed by atoms with Gasteiger partial charge >= 0.3 is 5.97 Å². The number of hydrogen-bond donors (Lipinski definition) is 1. The molecule has 0 bridgehead atoms. The molecule has 100 valence electrons. The zero-order chi connectivity index (χ0) is 13.7. The molecule has 1 aliphatic rings. The van der Waals surface area contributed by atoms with E-state index in [1.165, 1.54) is 0 Å². The second-order valence-corrected chi connectivity index (χ2v) is 4.55. The first-order valence-electron chi connectivity index (χ1n) is 6.19. The van der Waals surface area contributed by atoms with E-state index >= 15 is 0 Å². The van der Waals surface area contributed by atoms with Crippen LogP contribution < -0.4 is 0 Å². The SMILES string of the molecule is [N-]=[N+]=N[C@@H]1C[C@H](O)CC[C@@H]1OC(=O)c1ccccc1. The number of azide groups is 1. The van der Waals surface area contributed by atoms with Crippen molar-refractivity contribution >= 4 is 5.97 Å². The zero-order valence-corrected chi connectivity index (χ0v) is 10.3. The molecule has 0 unspecified atom stereocenters. The lowest BCUT2D eigenvalue weighted by molar-refractivity contribution is -0.00412. The third-order valence-electron chi connectivity index (χ3n) is 3.19. The van der Waals surface area contributed by atoms with Gasteiger partial charge in [0.15, 0.2) is 0 Å². The van der Waals surface area contributed by atoms with Gasteiger partial charge in [0.05, 0.1) is 17.7 Å². The average Bonchev–Trinajstić information content (AvgIpc) is 2.43. The molecule has 0 saturated heterocycles. The van der Waals surface area contributed by atoms with Crippen molar-refractivity contribution < 1.29 is 14.6 Å². The normalized spacial score (nSPS) is 26.3. The van der Waals surface area contributed by atoms with Crippen molar-refractivity contribution in [1.82, 2.24) is 0 Å². The van der Waals surface area contributed by atoms with Crippen molar-refractivity contribution in [3.63, 3.8) is 0 Å². The first-order valence-corrected chi connectivity index (χ1v) is 6.19. The molecule has 1 aromatic rings. The van der Waals surface area contributed by atoms with Crippen molar-refractivity contribution in [2.24, 2.45) is 5.11 Å². The minimum Gasteiger partial charge on any atom is -0.458 e. The Balaban J connectivity index is 2.04. The molecule has 0 radical (unpaired) electrons. The van der Waals surface area contributed by atoms with Crippen molar-refractivity contribution in [3.8, 4) is 0 Å². The lowest BCUT2D eigenvalue weighted by atomic mass is 9.91. The van der Waals surface area contributed by atoms with E-state index in [2.05, 4.69) is 10.0 Å². The fourth-order valence-corrected chi connectivity index (χ4v) is 2.20. The monoisotopic (exact) mass is 261 g/mol. The van der Waals surface area contributed by atoms with Gasteiger partial charge in [-0.25, -0.2) is 4.79 Å². The Kier molecular flexibility index (Phi) is 4.39. The second kappa shape index (κ2) is 6.22. The van der Waals surface area contributed by atoms with E-state index in [-0.39, 0.29) is 0 Å². The number of ether oxygens (including phenoxy) is 1. The van der Waals surface area contributed by atoms with Crippen molar-refractivity contribution in [2.75, 3.05) is 0 Å². The number of benzene rings is 1. The van der Waals surface area contributed by atoms with E-state index < -0.39 is 24.2 Å². The highest BCUT2D eigenvalue weighted by Gasteiger charge is 2.31. The van der Waals surface area contributed by atoms with Crippen LogP contribution in [0, 0.1) is 0 Å². The molecule has 0 aromatic heterocycles. The molecule has 0 aliphatic heterocycles. The van der Waals surface area contributed by atoms with Crippen LogP contribution in [0.1, 0.15) is 29.6 Å². The smallest absolute Gasteiger partial charge is 0.338 e. The number of carbonyl (C=O) groups is 1. The van der Waals surface area contributed by atoms with Gasteiger partial charge in [0.2, 0.25) is 0 Å². The summed E-state index contributed by atoms with van der Waals surface area (Å²) in [7, 11) is 0. The van der Waals surface area contributed by atoms with E-state index in [1.54, 1.807) is 24.3 Å². The van der Waals surface area contributed by atoms with Crippen LogP contribution in [0.2, 0.25) is 0 Å². The number of nitrogens with zero attached hydrogens (tertiary/aromatic N) is 3. The Bertz CT molecular complexity index is 485. The Labute approximate surface area is 110 Å². The molecule has 1 N–H and O–H groups in total. The summed E-state index contributed by atoms with van der Waals surface area (Å²) in [5.74, 6) is -0.430. The molecule has 19 heavy (non-hydrogen) atoms. The molecular weight excluding hydrogens is 246 g/mol. The summed E-state index contributed by atoms with van der Waals surface area (Å²) >= 11 is 0. The fourth-order valence-electron chi connectivity index (χ4n) is 2.20. The minimum atomic E-state index is -0.499. The number of aliphatic hydroxyl groups is 1. The van der Waals surface area contributed by atoms with Crippen molar-refractivity contribution in [3.05, 3.63) is 46.3 Å². The summed E-state index contributed by atoms with van der Waals surface area (Å²) in [6, 6.07) is 8.17. The van der Waals surface area contributed by atoms with Crippen molar-refractivity contribution in [1.29, 1.82) is 0 Å². The Morgan fingerprint density at radius 3 is 2.79 bits per heavy atom. The molecule has 0 heterocycles. The summed E-state index contributed by atoms with van der Waals surface area (Å²) < 4.78 is 5.38. The van der Waals surface area contributed by atoms with Crippen LogP contribution in [0.15, 0.2) is 35.4 Å². The van der Waals surface area contributed by atoms with Gasteiger partial charge in [0, 0.05) is 4.91 Å². The van der Waals surface area contributed by atoms with Crippen molar-refractivity contribution in [2.45, 2.75) is 37.5 Å². The Morgan fingerprint density at radius 2 is 2.11 bits per heavy atom. The van der Waals surface area contributed by atoms with E-state index in [0.717, 1.165) is 0 Å². The lowest BCUT2D eigenvalue weighted by Gasteiger charge is -2.30. The quantitative estimate of drug-likeness (QED) is 0.391. The van der Waals surface area contributed by atoms with E-state index in [4.69, 9.17) is 10.3 Å². The van der Waals surface area contributed by atoms with Crippen LogP contribution >= 0.6 is 0 Å².